The van der Waals surface area contributed by atoms with Gasteiger partial charge in [0.2, 0.25) is 0 Å². The number of cyclic esters (lactones) is 2. The molecule has 9 rings (SSSR count). The van der Waals surface area contributed by atoms with E-state index in [1.54, 1.807) is 42.0 Å². The third-order valence-electron chi connectivity index (χ3n) is 15.9. The lowest BCUT2D eigenvalue weighted by Gasteiger charge is -2.36. The van der Waals surface area contributed by atoms with Gasteiger partial charge < -0.3 is 19.3 Å². The molecule has 0 N–H and O–H groups in total. The Hall–Kier alpha value is -5.85. The van der Waals surface area contributed by atoms with Gasteiger partial charge in [-0.05, 0) is 145 Å². The summed E-state index contributed by atoms with van der Waals surface area (Å²) in [5.74, 6) is 1.69. The Balaban J connectivity index is 0.000000207. The van der Waals surface area contributed by atoms with Gasteiger partial charge in [-0.25, -0.2) is 19.6 Å². The molecule has 5 heterocycles. The lowest BCUT2D eigenvalue weighted by atomic mass is 9.93. The van der Waals surface area contributed by atoms with Crippen LogP contribution < -0.4 is 9.80 Å². The number of carbonyl (C=O) groups is 2. The van der Waals surface area contributed by atoms with Gasteiger partial charge in [-0.2, -0.15) is 31.4 Å². The molecule has 0 unspecified atom stereocenters. The molecule has 2 saturated heterocycles. The Kier molecular flexibility index (Phi) is 17.6. The summed E-state index contributed by atoms with van der Waals surface area (Å²) in [6.45, 7) is 17.2. The lowest BCUT2D eigenvalue weighted by molar-refractivity contribution is -0.138. The smallest absolute Gasteiger partial charge is 0.416 e. The number of pyridine rings is 2. The molecule has 5 aromatic rings. The highest BCUT2D eigenvalue weighted by Crippen LogP contribution is 2.42. The van der Waals surface area contributed by atoms with Crippen molar-refractivity contribution in [1.82, 2.24) is 29.5 Å². The maximum Gasteiger partial charge on any atom is 0.416 e. The molecule has 2 saturated carbocycles. The molecule has 2 aliphatic heterocycles. The summed E-state index contributed by atoms with van der Waals surface area (Å²) < 4.78 is 94.9. The van der Waals surface area contributed by atoms with Crippen LogP contribution in [0.25, 0.3) is 11.1 Å². The molecule has 2 amide bonds. The predicted molar refractivity (Wildman–Crippen MR) is 288 cm³/mol. The second-order valence-electron chi connectivity index (χ2n) is 21.3. The van der Waals surface area contributed by atoms with E-state index < -0.39 is 60.0 Å². The summed E-state index contributed by atoms with van der Waals surface area (Å²) in [4.78, 5) is 43.8. The average Bonchev–Trinajstić information content (AvgIpc) is 3.96. The van der Waals surface area contributed by atoms with E-state index in [-0.39, 0.29) is 13.1 Å². The highest BCUT2D eigenvalue weighted by Gasteiger charge is 2.44. The molecular formula is C58H71BrF6N8O4. The zero-order chi connectivity index (χ0) is 55.7. The van der Waals surface area contributed by atoms with Crippen LogP contribution in [0, 0.1) is 27.7 Å². The number of anilines is 2. The van der Waals surface area contributed by atoms with Crippen molar-refractivity contribution in [3.63, 3.8) is 0 Å². The van der Waals surface area contributed by atoms with E-state index in [4.69, 9.17) is 19.4 Å². The topological polar surface area (TPSA) is 109 Å². The Morgan fingerprint density at radius 3 is 1.45 bits per heavy atom. The van der Waals surface area contributed by atoms with Crippen LogP contribution in [0.5, 0.6) is 0 Å². The van der Waals surface area contributed by atoms with Crippen molar-refractivity contribution >= 4 is 39.8 Å². The van der Waals surface area contributed by atoms with Crippen LogP contribution in [-0.2, 0) is 42.0 Å². The fourth-order valence-electron chi connectivity index (χ4n) is 12.0. The van der Waals surface area contributed by atoms with E-state index in [9.17, 15) is 35.9 Å². The third kappa shape index (κ3) is 12.7. The van der Waals surface area contributed by atoms with Crippen LogP contribution in [-0.4, -0.2) is 79.0 Å². The number of hydrogen-bond acceptors (Lipinski definition) is 9. The molecule has 0 spiro atoms. The van der Waals surface area contributed by atoms with E-state index in [1.165, 1.54) is 38.5 Å². The van der Waals surface area contributed by atoms with Crippen molar-refractivity contribution in [1.29, 1.82) is 0 Å². The van der Waals surface area contributed by atoms with Crippen molar-refractivity contribution < 1.29 is 45.4 Å². The quantitative estimate of drug-likeness (QED) is 0.106. The monoisotopic (exact) mass is 1140 g/mol. The lowest BCUT2D eigenvalue weighted by Crippen LogP contribution is -2.39. The van der Waals surface area contributed by atoms with Crippen molar-refractivity contribution in [3.05, 3.63) is 121 Å². The van der Waals surface area contributed by atoms with Gasteiger partial charge in [0.1, 0.15) is 23.8 Å². The van der Waals surface area contributed by atoms with E-state index >= 15 is 0 Å². The van der Waals surface area contributed by atoms with Gasteiger partial charge in [0.15, 0.2) is 0 Å². The number of aromatic nitrogens is 4. The molecule has 4 fully saturated rings. The number of hydrogen-bond donors (Lipinski definition) is 0. The Morgan fingerprint density at radius 2 is 1.05 bits per heavy atom. The third-order valence-corrected chi connectivity index (χ3v) is 16.3. The maximum atomic E-state index is 13.6. The van der Waals surface area contributed by atoms with Gasteiger partial charge in [-0.3, -0.25) is 14.5 Å². The van der Waals surface area contributed by atoms with E-state index in [2.05, 4.69) is 50.7 Å². The molecule has 0 bridgehead atoms. The number of benzene rings is 2. The second-order valence-corrected chi connectivity index (χ2v) is 22.2. The molecule has 4 atom stereocenters. The summed E-state index contributed by atoms with van der Waals surface area (Å²) in [5.41, 5.74) is 5.76. The fraction of sp³-hybridized carbons (Fsp3) is 0.534. The van der Waals surface area contributed by atoms with Crippen LogP contribution in [0.4, 0.5) is 47.6 Å². The minimum Gasteiger partial charge on any atom is -0.439 e. The van der Waals surface area contributed by atoms with Crippen molar-refractivity contribution in [2.45, 2.75) is 181 Å². The van der Waals surface area contributed by atoms with Crippen LogP contribution in [0.15, 0.2) is 65.4 Å². The number of amides is 2. The zero-order valence-corrected chi connectivity index (χ0v) is 47.1. The molecule has 2 aromatic carbocycles. The first-order valence-electron chi connectivity index (χ1n) is 27.0. The fourth-order valence-corrected chi connectivity index (χ4v) is 12.3. The van der Waals surface area contributed by atoms with Crippen molar-refractivity contribution in [2.75, 3.05) is 22.9 Å². The maximum absolute atomic E-state index is 13.6. The van der Waals surface area contributed by atoms with Crippen molar-refractivity contribution in [2.24, 2.45) is 7.05 Å². The van der Waals surface area contributed by atoms with Crippen LogP contribution >= 0.6 is 15.9 Å². The Labute approximate surface area is 456 Å². The minimum absolute atomic E-state index is 0.228. The molecule has 0 radical (unpaired) electrons. The standard InChI is InChI=1S/C32H40F3N5O2.C26H31BrF3N3O2/c1-7-39(27-11-9-8-10-12-27)30-25(15-24(17-36-30)28-20(3)37-38(6)21(28)4)18-40-22(5)29(42-31(40)41)23-13-19(2)14-26(16-23)32(33,34)35;1-4-32(22-8-6-5-7-9-22)24-19(13-21(27)14-31-24)15-33-17(3)23(35-25(33)34)18-10-16(2)11-20(12-18)26(28,29)30/h13-17,22,27,29H,7-12,18H2,1-6H3;10-14,17,22-23H,4-9,15H2,1-3H3/t22-,29-;17-,23-/m00/s1. The summed E-state index contributed by atoms with van der Waals surface area (Å²) >= 11 is 3.50. The SMILES string of the molecule is CCN(c1ncc(-c2c(C)nn(C)c2C)cc1CN1C(=O)O[C@H](c2cc(C)cc(C(F)(F)F)c2)[C@@H]1C)C1CCCCC1.CCN(c1ncc(Br)cc1CN1C(=O)O[C@H](c2cc(C)cc(C(F)(F)F)c2)[C@@H]1C)C1CCCCC1. The molecule has 12 nitrogen and oxygen atoms in total. The second kappa shape index (κ2) is 23.6. The van der Waals surface area contributed by atoms with Crippen molar-refractivity contribution in [3.8, 4) is 11.1 Å². The number of rotatable bonds is 13. The van der Waals surface area contributed by atoms with E-state index in [0.29, 0.717) is 34.3 Å². The highest BCUT2D eigenvalue weighted by atomic mass is 79.9. The van der Waals surface area contributed by atoms with Gasteiger partial charge in [-0.15, -0.1) is 0 Å². The molecule has 2 aliphatic carbocycles. The summed E-state index contributed by atoms with van der Waals surface area (Å²) in [5, 5.41) is 4.58. The van der Waals surface area contributed by atoms with Gasteiger partial charge in [0, 0.05) is 77.0 Å². The van der Waals surface area contributed by atoms with Gasteiger partial charge in [-0.1, -0.05) is 61.8 Å². The Bertz CT molecular complexity index is 2920. The van der Waals surface area contributed by atoms with Crippen LogP contribution in [0.1, 0.15) is 160 Å². The normalized spacial score (nSPS) is 20.5. The minimum atomic E-state index is -4.49. The molecule has 19 heteroatoms. The summed E-state index contributed by atoms with van der Waals surface area (Å²) in [6, 6.07) is 11.6. The van der Waals surface area contributed by atoms with Crippen LogP contribution in [0.3, 0.4) is 0 Å². The van der Waals surface area contributed by atoms with Gasteiger partial charge in [0.05, 0.1) is 42.0 Å². The molecule has 77 heavy (non-hydrogen) atoms. The van der Waals surface area contributed by atoms with Crippen LogP contribution in [0.2, 0.25) is 0 Å². The van der Waals surface area contributed by atoms with Gasteiger partial charge in [0.25, 0.3) is 0 Å². The number of halogens is 7. The molecular weight excluding hydrogens is 1070 g/mol. The molecule has 4 aliphatic rings. The number of nitrogens with zero attached hydrogens (tertiary/aromatic N) is 8. The zero-order valence-electron chi connectivity index (χ0n) is 45.5. The summed E-state index contributed by atoms with van der Waals surface area (Å²) in [7, 11) is 1.91. The average molecular weight is 1140 g/mol. The van der Waals surface area contributed by atoms with Gasteiger partial charge >= 0.3 is 24.5 Å². The molecule has 3 aromatic heterocycles. The Morgan fingerprint density at radius 1 is 0.623 bits per heavy atom. The van der Waals surface area contributed by atoms with E-state index in [1.807, 2.05) is 51.7 Å². The first kappa shape index (κ1) is 57.3. The number of alkyl halides is 6. The number of ether oxygens (including phenoxy) is 2. The number of carbonyl (C=O) groups excluding carboxylic acids is 2. The van der Waals surface area contributed by atoms with E-state index in [0.717, 1.165) is 113 Å². The molecule has 416 valence electrons. The first-order valence-corrected chi connectivity index (χ1v) is 27.8. The largest absolute Gasteiger partial charge is 0.439 e. The summed E-state index contributed by atoms with van der Waals surface area (Å²) in [6.07, 6.45) is 3.67. The predicted octanol–water partition coefficient (Wildman–Crippen LogP) is 15.1. The first-order chi connectivity index (χ1) is 36.5. The number of aryl methyl sites for hydroxylation is 4. The highest BCUT2D eigenvalue weighted by molar-refractivity contribution is 9.10.